The van der Waals surface area contributed by atoms with E-state index >= 15 is 0 Å². The Bertz CT molecular complexity index is 478. The van der Waals surface area contributed by atoms with Crippen molar-refractivity contribution in [3.05, 3.63) is 35.6 Å². The quantitative estimate of drug-likeness (QED) is 0.876. The molecule has 1 saturated heterocycles. The van der Waals surface area contributed by atoms with Gasteiger partial charge in [0, 0.05) is 6.54 Å². The van der Waals surface area contributed by atoms with Gasteiger partial charge in [-0.3, -0.25) is 4.79 Å². The van der Waals surface area contributed by atoms with E-state index in [4.69, 9.17) is 0 Å². The summed E-state index contributed by atoms with van der Waals surface area (Å²) in [5.74, 6) is 0.110. The Kier molecular flexibility index (Phi) is 4.99. The lowest BCUT2D eigenvalue weighted by molar-refractivity contribution is -0.131. The number of carbonyl (C=O) groups is 1. The van der Waals surface area contributed by atoms with Crippen LogP contribution in [0.15, 0.2) is 24.3 Å². The Morgan fingerprint density at radius 1 is 1.38 bits per heavy atom. The number of halogens is 1. The molecule has 1 aliphatic rings. The lowest BCUT2D eigenvalue weighted by Gasteiger charge is -2.30. The van der Waals surface area contributed by atoms with Crippen molar-refractivity contribution in [1.82, 2.24) is 10.6 Å². The second kappa shape index (κ2) is 6.56. The minimum atomic E-state index is -0.298. The molecule has 116 valence electrons. The van der Waals surface area contributed by atoms with Crippen LogP contribution in [-0.2, 0) is 4.79 Å². The first-order valence-electron chi connectivity index (χ1n) is 7.75. The van der Waals surface area contributed by atoms with Crippen molar-refractivity contribution in [3.63, 3.8) is 0 Å². The van der Waals surface area contributed by atoms with Gasteiger partial charge in [0.1, 0.15) is 5.82 Å². The second-order valence-electron chi connectivity index (χ2n) is 6.31. The Hall–Kier alpha value is -1.42. The fraction of sp³-hybridized carbons (Fsp3) is 0.588. The molecule has 4 heteroatoms. The number of carbonyl (C=O) groups excluding carboxylic acids is 1. The average molecular weight is 292 g/mol. The van der Waals surface area contributed by atoms with E-state index in [1.807, 2.05) is 0 Å². The summed E-state index contributed by atoms with van der Waals surface area (Å²) >= 11 is 0. The van der Waals surface area contributed by atoms with Crippen LogP contribution in [0.4, 0.5) is 4.39 Å². The zero-order chi connectivity index (χ0) is 15.5. The van der Waals surface area contributed by atoms with E-state index in [9.17, 15) is 9.18 Å². The molecule has 21 heavy (non-hydrogen) atoms. The summed E-state index contributed by atoms with van der Waals surface area (Å²) in [4.78, 5) is 12.7. The standard InChI is InChI=1S/C17H25FN2O/c1-4-17(9-10-19-11-17)16(21)20-15(12(2)3)13-5-7-14(18)8-6-13/h5-8,12,15,19H,4,9-11H2,1-3H3,(H,20,21). The highest BCUT2D eigenvalue weighted by Gasteiger charge is 2.40. The second-order valence-corrected chi connectivity index (χ2v) is 6.31. The van der Waals surface area contributed by atoms with Crippen LogP contribution in [0.5, 0.6) is 0 Å². The Balaban J connectivity index is 2.16. The van der Waals surface area contributed by atoms with Gasteiger partial charge in [0.05, 0.1) is 11.5 Å². The van der Waals surface area contributed by atoms with Crippen molar-refractivity contribution in [2.75, 3.05) is 13.1 Å². The molecule has 1 amide bonds. The first kappa shape index (κ1) is 16.0. The molecule has 1 aliphatic heterocycles. The van der Waals surface area contributed by atoms with Crippen molar-refractivity contribution in [2.24, 2.45) is 11.3 Å². The molecular weight excluding hydrogens is 267 g/mol. The van der Waals surface area contributed by atoms with Gasteiger partial charge < -0.3 is 10.6 Å². The molecule has 3 nitrogen and oxygen atoms in total. The molecule has 0 saturated carbocycles. The molecular formula is C17H25FN2O. The van der Waals surface area contributed by atoms with Crippen LogP contribution in [0, 0.1) is 17.2 Å². The molecule has 1 fully saturated rings. The summed E-state index contributed by atoms with van der Waals surface area (Å²) in [7, 11) is 0. The smallest absolute Gasteiger partial charge is 0.228 e. The van der Waals surface area contributed by atoms with Crippen LogP contribution in [-0.4, -0.2) is 19.0 Å². The minimum Gasteiger partial charge on any atom is -0.349 e. The van der Waals surface area contributed by atoms with E-state index in [0.29, 0.717) is 0 Å². The zero-order valence-corrected chi connectivity index (χ0v) is 13.1. The first-order valence-corrected chi connectivity index (χ1v) is 7.75. The van der Waals surface area contributed by atoms with E-state index in [0.717, 1.165) is 31.5 Å². The van der Waals surface area contributed by atoms with Crippen LogP contribution >= 0.6 is 0 Å². The maximum absolute atomic E-state index is 13.1. The topological polar surface area (TPSA) is 41.1 Å². The normalized spacial score (nSPS) is 23.3. The van der Waals surface area contributed by atoms with Crippen LogP contribution < -0.4 is 10.6 Å². The number of rotatable bonds is 5. The van der Waals surface area contributed by atoms with Crippen molar-refractivity contribution in [3.8, 4) is 0 Å². The minimum absolute atomic E-state index is 0.0814. The summed E-state index contributed by atoms with van der Waals surface area (Å²) in [6.07, 6.45) is 1.71. The Morgan fingerprint density at radius 2 is 2.05 bits per heavy atom. The maximum Gasteiger partial charge on any atom is 0.228 e. The third-order valence-electron chi connectivity index (χ3n) is 4.58. The average Bonchev–Trinajstić information content (AvgIpc) is 2.95. The number of hydrogen-bond donors (Lipinski definition) is 2. The molecule has 1 heterocycles. The van der Waals surface area contributed by atoms with Crippen molar-refractivity contribution in [2.45, 2.75) is 39.7 Å². The van der Waals surface area contributed by atoms with Gasteiger partial charge in [-0.2, -0.15) is 0 Å². The maximum atomic E-state index is 13.1. The number of amides is 1. The van der Waals surface area contributed by atoms with Gasteiger partial charge in [-0.25, -0.2) is 4.39 Å². The largest absolute Gasteiger partial charge is 0.349 e. The third kappa shape index (κ3) is 3.43. The van der Waals surface area contributed by atoms with Crippen LogP contribution in [0.3, 0.4) is 0 Å². The molecule has 0 aromatic heterocycles. The van der Waals surface area contributed by atoms with Gasteiger partial charge in [-0.15, -0.1) is 0 Å². The fourth-order valence-electron chi connectivity index (χ4n) is 3.00. The van der Waals surface area contributed by atoms with Crippen LogP contribution in [0.2, 0.25) is 0 Å². The van der Waals surface area contributed by atoms with Gasteiger partial charge in [0.25, 0.3) is 0 Å². The van der Waals surface area contributed by atoms with Crippen molar-refractivity contribution >= 4 is 5.91 Å². The lowest BCUT2D eigenvalue weighted by Crippen LogP contribution is -2.44. The molecule has 2 unspecified atom stereocenters. The van der Waals surface area contributed by atoms with Gasteiger partial charge >= 0.3 is 0 Å². The molecule has 1 aromatic carbocycles. The van der Waals surface area contributed by atoms with Gasteiger partial charge in [0.15, 0.2) is 0 Å². The van der Waals surface area contributed by atoms with Crippen molar-refractivity contribution < 1.29 is 9.18 Å². The molecule has 0 spiro atoms. The predicted octanol–water partition coefficient (Wildman–Crippen LogP) is 3.03. The van der Waals surface area contributed by atoms with Gasteiger partial charge in [-0.05, 0) is 43.0 Å². The Morgan fingerprint density at radius 3 is 2.52 bits per heavy atom. The van der Waals surface area contributed by atoms with E-state index in [-0.39, 0.29) is 29.1 Å². The summed E-state index contributed by atoms with van der Waals surface area (Å²) in [5.41, 5.74) is 0.657. The molecule has 2 rings (SSSR count). The summed E-state index contributed by atoms with van der Waals surface area (Å²) < 4.78 is 13.1. The SMILES string of the molecule is CCC1(C(=O)NC(c2ccc(F)cc2)C(C)C)CCNC1. The number of hydrogen-bond acceptors (Lipinski definition) is 2. The fourth-order valence-corrected chi connectivity index (χ4v) is 3.00. The highest BCUT2D eigenvalue weighted by atomic mass is 19.1. The zero-order valence-electron chi connectivity index (χ0n) is 13.1. The summed E-state index contributed by atoms with van der Waals surface area (Å²) in [6, 6.07) is 6.33. The molecule has 0 aliphatic carbocycles. The Labute approximate surface area is 126 Å². The van der Waals surface area contributed by atoms with Gasteiger partial charge in [-0.1, -0.05) is 32.9 Å². The number of benzene rings is 1. The van der Waals surface area contributed by atoms with Crippen LogP contribution in [0.25, 0.3) is 0 Å². The van der Waals surface area contributed by atoms with E-state index in [2.05, 4.69) is 31.4 Å². The van der Waals surface area contributed by atoms with Gasteiger partial charge in [0.2, 0.25) is 5.91 Å². The summed E-state index contributed by atoms with van der Waals surface area (Å²) in [6.45, 7) is 7.84. The van der Waals surface area contributed by atoms with E-state index in [1.165, 1.54) is 12.1 Å². The van der Waals surface area contributed by atoms with E-state index in [1.54, 1.807) is 12.1 Å². The van der Waals surface area contributed by atoms with Crippen molar-refractivity contribution in [1.29, 1.82) is 0 Å². The molecule has 0 radical (unpaired) electrons. The molecule has 2 N–H and O–H groups in total. The van der Waals surface area contributed by atoms with E-state index < -0.39 is 0 Å². The third-order valence-corrected chi connectivity index (χ3v) is 4.58. The molecule has 1 aromatic rings. The number of nitrogens with one attached hydrogen (secondary N) is 2. The predicted molar refractivity (Wildman–Crippen MR) is 82.3 cm³/mol. The first-order chi connectivity index (χ1) is 9.98. The summed E-state index contributed by atoms with van der Waals surface area (Å²) in [5, 5.41) is 6.47. The van der Waals surface area contributed by atoms with Crippen LogP contribution in [0.1, 0.15) is 45.2 Å². The lowest BCUT2D eigenvalue weighted by atomic mass is 9.82. The molecule has 0 bridgehead atoms. The monoisotopic (exact) mass is 292 g/mol. The highest BCUT2D eigenvalue weighted by molar-refractivity contribution is 5.83. The molecule has 2 atom stereocenters. The highest BCUT2D eigenvalue weighted by Crippen LogP contribution is 2.32.